The van der Waals surface area contributed by atoms with E-state index in [1.807, 2.05) is 6.92 Å². The van der Waals surface area contributed by atoms with Gasteiger partial charge in [-0.1, -0.05) is 14.4 Å². The van der Waals surface area contributed by atoms with E-state index in [1.54, 1.807) is 7.11 Å². The van der Waals surface area contributed by atoms with Crippen LogP contribution >= 0.6 is 0 Å². The SMILES string of the molecule is C.CC[C@@H]1O[C@H](OC)C[C@@H]1O.O[C@H]1C[C@H]2OC[C@@H]1O2.[U].[V]. The minimum Gasteiger partial charge on any atom is -0.390 e. The third-order valence-electron chi connectivity index (χ3n) is 3.49. The number of hydrogen-bond acceptors (Lipinski definition) is 6. The van der Waals surface area contributed by atoms with Crippen molar-refractivity contribution in [3.8, 4) is 0 Å². The molecule has 3 fully saturated rings. The minimum atomic E-state index is -0.338. The molecule has 0 saturated carbocycles. The summed E-state index contributed by atoms with van der Waals surface area (Å²) in [5.74, 6) is 0. The van der Waals surface area contributed by atoms with Gasteiger partial charge in [-0.05, 0) is 6.42 Å². The van der Waals surface area contributed by atoms with E-state index in [0.717, 1.165) is 6.42 Å². The Labute approximate surface area is 162 Å². The third kappa shape index (κ3) is 6.80. The van der Waals surface area contributed by atoms with Crippen molar-refractivity contribution >= 4 is 0 Å². The first-order valence-corrected chi connectivity index (χ1v) is 6.45. The Morgan fingerprint density at radius 2 is 1.81 bits per heavy atom. The molecule has 3 rings (SSSR count). The molecule has 6 atom stereocenters. The summed E-state index contributed by atoms with van der Waals surface area (Å²) in [6.07, 6.45) is 1.16. The van der Waals surface area contributed by atoms with Crippen LogP contribution < -0.4 is 0 Å². The molecule has 3 heterocycles. The number of hydrogen-bond donors (Lipinski definition) is 2. The van der Waals surface area contributed by atoms with Gasteiger partial charge in [-0.15, -0.1) is 0 Å². The quantitative estimate of drug-likeness (QED) is 0.511. The zero-order valence-electron chi connectivity index (χ0n) is 11.8. The van der Waals surface area contributed by atoms with Gasteiger partial charge >= 0.3 is 0 Å². The molecule has 1 radical (unpaired) electrons. The summed E-state index contributed by atoms with van der Waals surface area (Å²) in [5, 5.41) is 18.3. The molecule has 3 saturated heterocycles. The van der Waals surface area contributed by atoms with Crippen LogP contribution in [0, 0.1) is 31.1 Å². The van der Waals surface area contributed by atoms with Crippen LogP contribution in [0.15, 0.2) is 0 Å². The van der Waals surface area contributed by atoms with Crippen LogP contribution in [0.25, 0.3) is 0 Å². The minimum absolute atomic E-state index is 0. The van der Waals surface area contributed by atoms with Crippen LogP contribution in [0.3, 0.4) is 0 Å². The number of fused-ring (bicyclic) bond motifs is 2. The molecule has 0 amide bonds. The Kier molecular flexibility index (Phi) is 13.9. The first-order chi connectivity index (χ1) is 8.63. The van der Waals surface area contributed by atoms with Crippen LogP contribution in [0.1, 0.15) is 33.6 Å². The predicted octanol–water partition coefficient (Wildman–Crippen LogP) is 0.645. The second-order valence-electron chi connectivity index (χ2n) is 4.79. The monoisotopic (exact) mass is 567 g/mol. The zero-order chi connectivity index (χ0) is 13.1. The van der Waals surface area contributed by atoms with Crippen LogP contribution in [0.5, 0.6) is 0 Å². The maximum Gasteiger partial charge on any atom is 0.160 e. The Bertz CT molecular complexity index is 271. The average molecular weight is 567 g/mol. The van der Waals surface area contributed by atoms with E-state index in [-0.39, 0.29) is 94.1 Å². The Morgan fingerprint density at radius 1 is 1.14 bits per heavy atom. The summed E-state index contributed by atoms with van der Waals surface area (Å²) >= 11 is 0. The fourth-order valence-corrected chi connectivity index (χ4v) is 2.36. The summed E-state index contributed by atoms with van der Waals surface area (Å²) in [6.45, 7) is 2.57. The van der Waals surface area contributed by atoms with E-state index in [4.69, 9.17) is 24.1 Å². The summed E-state index contributed by atoms with van der Waals surface area (Å²) in [5.41, 5.74) is 0. The van der Waals surface area contributed by atoms with Crippen molar-refractivity contribution in [3.05, 3.63) is 0 Å². The second-order valence-corrected chi connectivity index (χ2v) is 4.79. The largest absolute Gasteiger partial charge is 0.390 e. The van der Waals surface area contributed by atoms with Crippen molar-refractivity contribution in [3.63, 3.8) is 0 Å². The molecule has 0 unspecified atom stereocenters. The molecule has 3 aliphatic heterocycles. The van der Waals surface area contributed by atoms with Gasteiger partial charge in [0.25, 0.3) is 0 Å². The van der Waals surface area contributed by atoms with Crippen molar-refractivity contribution in [2.45, 2.75) is 70.6 Å². The summed E-state index contributed by atoms with van der Waals surface area (Å²) in [4.78, 5) is 0. The Morgan fingerprint density at radius 3 is 2.05 bits per heavy atom. The molecular weight excluding hydrogens is 541 g/mol. The second kappa shape index (κ2) is 11.9. The maximum absolute atomic E-state index is 9.29. The van der Waals surface area contributed by atoms with Crippen LogP contribution in [0.4, 0.5) is 0 Å². The number of rotatable bonds is 2. The zero-order valence-corrected chi connectivity index (χ0v) is 17.3. The number of ether oxygens (including phenoxy) is 4. The topological polar surface area (TPSA) is 77.4 Å². The molecule has 21 heavy (non-hydrogen) atoms. The molecule has 2 bridgehead atoms. The van der Waals surface area contributed by atoms with E-state index in [1.165, 1.54) is 0 Å². The van der Waals surface area contributed by atoms with Crippen LogP contribution in [-0.4, -0.2) is 60.9 Å². The summed E-state index contributed by atoms with van der Waals surface area (Å²) < 4.78 is 20.4. The van der Waals surface area contributed by atoms with Crippen molar-refractivity contribution in [1.29, 1.82) is 0 Å². The van der Waals surface area contributed by atoms with Gasteiger partial charge in [0.2, 0.25) is 0 Å². The van der Waals surface area contributed by atoms with Crippen LogP contribution in [-0.2, 0) is 37.5 Å². The first-order valence-electron chi connectivity index (χ1n) is 6.45. The molecule has 0 aromatic carbocycles. The first kappa shape index (κ1) is 24.6. The van der Waals surface area contributed by atoms with E-state index in [0.29, 0.717) is 19.4 Å². The normalized spacial score (nSPS) is 39.4. The average Bonchev–Trinajstić information content (AvgIpc) is 3.04. The number of methoxy groups -OCH3 is 1. The predicted molar refractivity (Wildman–Crippen MR) is 68.6 cm³/mol. The molecule has 0 aliphatic carbocycles. The number of aliphatic hydroxyl groups excluding tert-OH is 2. The fraction of sp³-hybridized carbons (Fsp3) is 1.00. The number of aliphatic hydroxyl groups is 2. The molecule has 3 aliphatic rings. The molecule has 123 valence electrons. The van der Waals surface area contributed by atoms with Crippen molar-refractivity contribution < 1.29 is 78.8 Å². The Balaban J connectivity index is 0. The van der Waals surface area contributed by atoms with Gasteiger partial charge in [-0.25, -0.2) is 0 Å². The van der Waals surface area contributed by atoms with E-state index < -0.39 is 0 Å². The summed E-state index contributed by atoms with van der Waals surface area (Å²) in [7, 11) is 1.59. The van der Waals surface area contributed by atoms with Gasteiger partial charge in [0.1, 0.15) is 6.10 Å². The third-order valence-corrected chi connectivity index (χ3v) is 3.49. The standard InChI is InChI=1S/C7H14O3.C5H8O3.CH4.U.V/c1-3-6-5(8)4-7(9-2)10-6;6-3-1-5-7-2-4(3)8-5;;;/h5-8H,3-4H2,1-2H3;3-6H,1-2H2;1H4;;/t5-,6-,7-;3-,4-,5-;;;/m00.../s1. The van der Waals surface area contributed by atoms with Crippen LogP contribution in [0.2, 0.25) is 0 Å². The van der Waals surface area contributed by atoms with E-state index in [2.05, 4.69) is 0 Å². The Hall–Kier alpha value is 1.40. The summed E-state index contributed by atoms with van der Waals surface area (Å²) in [6, 6.07) is 0. The molecule has 2 N–H and O–H groups in total. The van der Waals surface area contributed by atoms with Crippen molar-refractivity contribution in [2.75, 3.05) is 13.7 Å². The molecule has 0 aromatic heterocycles. The molecule has 8 heteroatoms. The fourth-order valence-electron chi connectivity index (χ4n) is 2.36. The van der Waals surface area contributed by atoms with Crippen molar-refractivity contribution in [1.82, 2.24) is 0 Å². The smallest absolute Gasteiger partial charge is 0.160 e. The van der Waals surface area contributed by atoms with Gasteiger partial charge in [-0.2, -0.15) is 0 Å². The van der Waals surface area contributed by atoms with Gasteiger partial charge in [-0.3, -0.25) is 0 Å². The molecule has 0 aromatic rings. The van der Waals surface area contributed by atoms with E-state index in [9.17, 15) is 5.11 Å². The van der Waals surface area contributed by atoms with Gasteiger partial charge in [0, 0.05) is 69.6 Å². The van der Waals surface area contributed by atoms with Crippen molar-refractivity contribution in [2.24, 2.45) is 0 Å². The van der Waals surface area contributed by atoms with Gasteiger partial charge in [0.05, 0.1) is 24.9 Å². The van der Waals surface area contributed by atoms with Gasteiger partial charge in [0.15, 0.2) is 12.6 Å². The molecule has 6 nitrogen and oxygen atoms in total. The van der Waals surface area contributed by atoms with Gasteiger partial charge < -0.3 is 29.2 Å². The van der Waals surface area contributed by atoms with E-state index >= 15 is 0 Å². The molecular formula is C13H26O6UV. The molecule has 0 spiro atoms. The maximum atomic E-state index is 9.29.